The Morgan fingerprint density at radius 2 is 0.750 bits per heavy atom. The number of hydrogen-bond acceptors (Lipinski definition) is 3. The lowest BCUT2D eigenvalue weighted by Crippen LogP contribution is -2.09. The quantitative estimate of drug-likeness (QED) is 0.158. The summed E-state index contributed by atoms with van der Waals surface area (Å²) >= 11 is 0. The van der Waals surface area contributed by atoms with Gasteiger partial charge in [-0.3, -0.25) is 0 Å². The minimum Gasteiger partial charge on any atom is -0.436 e. The summed E-state index contributed by atoms with van der Waals surface area (Å²) in [6.45, 7) is 0. The third-order valence-electron chi connectivity index (χ3n) is 12.0. The molecule has 11 aromatic carbocycles. The predicted molar refractivity (Wildman–Crippen MR) is 253 cm³/mol. The van der Waals surface area contributed by atoms with Crippen molar-refractivity contribution < 1.29 is 4.42 Å². The molecule has 0 saturated heterocycles. The summed E-state index contributed by atoms with van der Waals surface area (Å²) in [4.78, 5) is 7.09. The highest BCUT2D eigenvalue weighted by Gasteiger charge is 2.16. The Kier molecular flexibility index (Phi) is 7.85. The average molecular weight is 765 g/mol. The zero-order valence-electron chi connectivity index (χ0n) is 32.6. The highest BCUT2D eigenvalue weighted by atomic mass is 16.3. The maximum absolute atomic E-state index is 6.13. The van der Waals surface area contributed by atoms with Gasteiger partial charge in [-0.1, -0.05) is 140 Å². The number of aromatic nitrogens is 1. The number of fused-ring (bicyclic) bond motifs is 8. The summed E-state index contributed by atoms with van der Waals surface area (Å²) in [5.41, 5.74) is 10.6. The van der Waals surface area contributed by atoms with Crippen molar-refractivity contribution in [3.63, 3.8) is 0 Å². The standard InChI is InChI=1S/C57H36N2O/c1-2-9-41-33-43(15-13-37(41)7-1)44-24-31-53-46(35-44)17-18-47-36-50(29-32-54(47)53)59(49-27-21-40(22-28-49)57-58-55-11-5-6-12-56(55)60-57)48-25-19-38(20-26-48)42-23-30-52-45(34-42)16-14-39-8-3-4-10-51(39)52/h1-36H. The van der Waals surface area contributed by atoms with Crippen molar-refractivity contribution in [1.29, 1.82) is 0 Å². The van der Waals surface area contributed by atoms with Crippen molar-refractivity contribution in [1.82, 2.24) is 4.98 Å². The molecule has 60 heavy (non-hydrogen) atoms. The highest BCUT2D eigenvalue weighted by molar-refractivity contribution is 6.10. The fraction of sp³-hybridized carbons (Fsp3) is 0. The Balaban J connectivity index is 0.928. The predicted octanol–water partition coefficient (Wildman–Crippen LogP) is 16.1. The second kappa shape index (κ2) is 13.8. The fourth-order valence-corrected chi connectivity index (χ4v) is 8.94. The molecule has 0 atom stereocenters. The summed E-state index contributed by atoms with van der Waals surface area (Å²) in [7, 11) is 0. The van der Waals surface area contributed by atoms with E-state index in [1.807, 2.05) is 24.3 Å². The molecule has 0 aliphatic heterocycles. The first-order valence-electron chi connectivity index (χ1n) is 20.4. The monoisotopic (exact) mass is 764 g/mol. The molecular weight excluding hydrogens is 729 g/mol. The van der Waals surface area contributed by atoms with Crippen molar-refractivity contribution in [2.45, 2.75) is 0 Å². The van der Waals surface area contributed by atoms with Crippen LogP contribution in [-0.4, -0.2) is 4.98 Å². The molecular formula is C57H36N2O. The molecule has 0 radical (unpaired) electrons. The lowest BCUT2D eigenvalue weighted by atomic mass is 9.96. The van der Waals surface area contributed by atoms with Gasteiger partial charge in [-0.25, -0.2) is 4.98 Å². The summed E-state index contributed by atoms with van der Waals surface area (Å²) < 4.78 is 6.13. The molecule has 0 N–H and O–H groups in total. The van der Waals surface area contributed by atoms with Crippen LogP contribution in [0, 0.1) is 0 Å². The normalized spacial score (nSPS) is 11.7. The van der Waals surface area contributed by atoms with E-state index in [1.165, 1.54) is 76.1 Å². The number of nitrogens with zero attached hydrogens (tertiary/aromatic N) is 2. The molecule has 3 heteroatoms. The van der Waals surface area contributed by atoms with E-state index < -0.39 is 0 Å². The molecule has 1 heterocycles. The molecule has 1 aromatic heterocycles. The molecule has 12 aromatic rings. The summed E-state index contributed by atoms with van der Waals surface area (Å²) in [6, 6.07) is 78.6. The Morgan fingerprint density at radius 3 is 1.45 bits per heavy atom. The van der Waals surface area contributed by atoms with Crippen LogP contribution in [0.2, 0.25) is 0 Å². The number of anilines is 3. The van der Waals surface area contributed by atoms with Gasteiger partial charge in [0.2, 0.25) is 5.89 Å². The summed E-state index contributed by atoms with van der Waals surface area (Å²) in [5.74, 6) is 0.614. The fourth-order valence-electron chi connectivity index (χ4n) is 8.94. The zero-order valence-corrected chi connectivity index (χ0v) is 32.6. The van der Waals surface area contributed by atoms with Crippen LogP contribution in [0.25, 0.3) is 98.7 Å². The first-order valence-corrected chi connectivity index (χ1v) is 20.4. The topological polar surface area (TPSA) is 29.3 Å². The average Bonchev–Trinajstić information content (AvgIpc) is 3.76. The molecule has 0 unspecified atom stereocenters. The molecule has 0 saturated carbocycles. The van der Waals surface area contributed by atoms with Crippen LogP contribution in [0.1, 0.15) is 0 Å². The van der Waals surface area contributed by atoms with E-state index in [2.05, 4.69) is 199 Å². The van der Waals surface area contributed by atoms with Gasteiger partial charge in [-0.15, -0.1) is 0 Å². The maximum atomic E-state index is 6.13. The van der Waals surface area contributed by atoms with Crippen molar-refractivity contribution in [3.8, 4) is 33.7 Å². The molecule has 0 aliphatic carbocycles. The van der Waals surface area contributed by atoms with Crippen molar-refractivity contribution >= 4 is 82.0 Å². The van der Waals surface area contributed by atoms with E-state index in [0.717, 1.165) is 33.7 Å². The molecule has 280 valence electrons. The van der Waals surface area contributed by atoms with Gasteiger partial charge in [0.05, 0.1) is 0 Å². The maximum Gasteiger partial charge on any atom is 0.227 e. The Hall–Kier alpha value is -8.01. The van der Waals surface area contributed by atoms with E-state index in [9.17, 15) is 0 Å². The number of rotatable bonds is 6. The molecule has 0 spiro atoms. The van der Waals surface area contributed by atoms with Crippen molar-refractivity contribution in [2.75, 3.05) is 4.90 Å². The van der Waals surface area contributed by atoms with E-state index in [0.29, 0.717) is 5.89 Å². The number of para-hydroxylation sites is 2. The number of oxazole rings is 1. The van der Waals surface area contributed by atoms with Gasteiger partial charge < -0.3 is 9.32 Å². The minimum atomic E-state index is 0.614. The second-order valence-electron chi connectivity index (χ2n) is 15.6. The molecule has 0 bridgehead atoms. The van der Waals surface area contributed by atoms with Gasteiger partial charge >= 0.3 is 0 Å². The van der Waals surface area contributed by atoms with Crippen LogP contribution >= 0.6 is 0 Å². The van der Waals surface area contributed by atoms with Gasteiger partial charge in [-0.2, -0.15) is 0 Å². The Labute approximate surface area is 347 Å². The SMILES string of the molecule is c1ccc2cc(-c3ccc4c(ccc5cc(N(c6ccc(-c7ccc8c(ccc9ccccc98)c7)cc6)c6ccc(-c7nc8ccccc8o7)cc6)ccc54)c3)ccc2c1. The molecule has 12 rings (SSSR count). The van der Waals surface area contributed by atoms with E-state index in [4.69, 9.17) is 9.40 Å². The molecule has 3 nitrogen and oxygen atoms in total. The van der Waals surface area contributed by atoms with Gasteiger partial charge in [0.25, 0.3) is 0 Å². The van der Waals surface area contributed by atoms with Gasteiger partial charge in [0.15, 0.2) is 5.58 Å². The second-order valence-corrected chi connectivity index (χ2v) is 15.6. The van der Waals surface area contributed by atoms with E-state index in [-0.39, 0.29) is 0 Å². The molecule has 0 amide bonds. The Morgan fingerprint density at radius 1 is 0.300 bits per heavy atom. The molecule has 0 aliphatic rings. The van der Waals surface area contributed by atoms with Crippen LogP contribution in [0.5, 0.6) is 0 Å². The van der Waals surface area contributed by atoms with Gasteiger partial charge in [0, 0.05) is 22.6 Å². The van der Waals surface area contributed by atoms with Crippen LogP contribution in [-0.2, 0) is 0 Å². The minimum absolute atomic E-state index is 0.614. The first-order chi connectivity index (χ1) is 29.7. The highest BCUT2D eigenvalue weighted by Crippen LogP contribution is 2.40. The molecule has 0 fully saturated rings. The third-order valence-corrected chi connectivity index (χ3v) is 12.0. The first kappa shape index (κ1) is 34.1. The smallest absolute Gasteiger partial charge is 0.227 e. The Bertz CT molecular complexity index is 3570. The van der Waals surface area contributed by atoms with Gasteiger partial charge in [0.1, 0.15) is 5.52 Å². The van der Waals surface area contributed by atoms with Crippen LogP contribution < -0.4 is 4.90 Å². The lowest BCUT2D eigenvalue weighted by Gasteiger charge is -2.26. The van der Waals surface area contributed by atoms with Crippen LogP contribution in [0.3, 0.4) is 0 Å². The number of benzene rings is 11. The van der Waals surface area contributed by atoms with Crippen LogP contribution in [0.15, 0.2) is 223 Å². The summed E-state index contributed by atoms with van der Waals surface area (Å²) in [5, 5.41) is 12.4. The van der Waals surface area contributed by atoms with Crippen molar-refractivity contribution in [2.24, 2.45) is 0 Å². The van der Waals surface area contributed by atoms with Crippen LogP contribution in [0.4, 0.5) is 17.1 Å². The third kappa shape index (κ3) is 5.87. The van der Waals surface area contributed by atoms with E-state index in [1.54, 1.807) is 0 Å². The van der Waals surface area contributed by atoms with Crippen molar-refractivity contribution in [3.05, 3.63) is 218 Å². The van der Waals surface area contributed by atoms with Gasteiger partial charge in [-0.05, 0) is 155 Å². The summed E-state index contributed by atoms with van der Waals surface area (Å²) in [6.07, 6.45) is 0. The number of hydrogen-bond donors (Lipinski definition) is 0. The van der Waals surface area contributed by atoms with E-state index >= 15 is 0 Å². The zero-order chi connectivity index (χ0) is 39.6. The lowest BCUT2D eigenvalue weighted by molar-refractivity contribution is 0.620. The largest absolute Gasteiger partial charge is 0.436 e.